The Bertz CT molecular complexity index is 979. The van der Waals surface area contributed by atoms with Crippen molar-refractivity contribution in [1.82, 2.24) is 4.72 Å². The van der Waals surface area contributed by atoms with E-state index in [9.17, 15) is 26.8 Å². The van der Waals surface area contributed by atoms with Crippen molar-refractivity contribution in [3.63, 3.8) is 0 Å². The maximum Gasteiger partial charge on any atom is 0.340 e. The number of sulfonamides is 1. The van der Waals surface area contributed by atoms with E-state index in [1.165, 1.54) is 19.2 Å². The Labute approximate surface area is 152 Å². The van der Waals surface area contributed by atoms with Crippen LogP contribution in [0.3, 0.4) is 0 Å². The topological polar surface area (TPSA) is 89.5 Å². The number of ketones is 1. The van der Waals surface area contributed by atoms with Crippen molar-refractivity contribution in [3.05, 3.63) is 64.2 Å². The van der Waals surface area contributed by atoms with Crippen LogP contribution in [0.5, 0.6) is 0 Å². The van der Waals surface area contributed by atoms with Gasteiger partial charge in [0.25, 0.3) is 0 Å². The summed E-state index contributed by atoms with van der Waals surface area (Å²) in [7, 11) is -2.64. The van der Waals surface area contributed by atoms with E-state index in [1.807, 2.05) is 0 Å². The Balaban J connectivity index is 2.19. The highest BCUT2D eigenvalue weighted by Gasteiger charge is 2.20. The molecule has 0 bridgehead atoms. The number of Topliss-reactive ketones (excluding diaryl/α,β-unsaturated/α-hetero) is 1. The summed E-state index contributed by atoms with van der Waals surface area (Å²) in [5, 5.41) is -0.102. The van der Waals surface area contributed by atoms with Crippen LogP contribution in [-0.2, 0) is 14.8 Å². The van der Waals surface area contributed by atoms with Gasteiger partial charge in [-0.25, -0.2) is 26.7 Å². The van der Waals surface area contributed by atoms with E-state index in [2.05, 4.69) is 4.72 Å². The monoisotopic (exact) mass is 403 g/mol. The molecule has 2 aromatic carbocycles. The smallest absolute Gasteiger partial charge is 0.340 e. The van der Waals surface area contributed by atoms with Crippen LogP contribution in [0.4, 0.5) is 8.78 Å². The number of carbonyl (C=O) groups is 2. The quantitative estimate of drug-likeness (QED) is 0.591. The molecule has 6 nitrogen and oxygen atoms in total. The average Bonchev–Trinajstić information content (AvgIpc) is 2.61. The summed E-state index contributed by atoms with van der Waals surface area (Å²) < 4.78 is 57.0. The molecule has 0 aliphatic carbocycles. The third-order valence-corrected chi connectivity index (χ3v) is 5.04. The van der Waals surface area contributed by atoms with Gasteiger partial charge in [-0.05, 0) is 43.4 Å². The number of esters is 1. The van der Waals surface area contributed by atoms with E-state index in [0.717, 1.165) is 18.2 Å². The number of hydrogen-bond acceptors (Lipinski definition) is 5. The Hall–Kier alpha value is -2.36. The van der Waals surface area contributed by atoms with Crippen LogP contribution in [-0.4, -0.2) is 33.8 Å². The zero-order chi connectivity index (χ0) is 19.5. The minimum Gasteiger partial charge on any atom is -0.454 e. The zero-order valence-corrected chi connectivity index (χ0v) is 14.8. The molecule has 0 aliphatic rings. The van der Waals surface area contributed by atoms with Crippen molar-refractivity contribution in [1.29, 1.82) is 0 Å². The molecule has 0 radical (unpaired) electrons. The minimum atomic E-state index is -3.83. The predicted octanol–water partition coefficient (Wildman–Crippen LogP) is 2.57. The Morgan fingerprint density at radius 1 is 1.12 bits per heavy atom. The standard InChI is InChI=1S/C16H12ClF2NO5S/c1-20-26(23,24)10-3-4-13(17)11(7-10)16(22)25-8-15(21)12-6-9(18)2-5-14(12)19/h2-7,20H,8H2,1H3. The fraction of sp³-hybridized carbons (Fsp3) is 0.125. The molecule has 1 N–H and O–H groups in total. The lowest BCUT2D eigenvalue weighted by atomic mass is 10.1. The number of ether oxygens (including phenoxy) is 1. The zero-order valence-electron chi connectivity index (χ0n) is 13.3. The fourth-order valence-electron chi connectivity index (χ4n) is 1.94. The predicted molar refractivity (Wildman–Crippen MR) is 88.7 cm³/mol. The summed E-state index contributed by atoms with van der Waals surface area (Å²) in [5.74, 6) is -3.85. The van der Waals surface area contributed by atoms with E-state index < -0.39 is 45.6 Å². The van der Waals surface area contributed by atoms with Gasteiger partial charge in [-0.15, -0.1) is 0 Å². The Morgan fingerprint density at radius 2 is 1.81 bits per heavy atom. The van der Waals surface area contributed by atoms with E-state index in [0.29, 0.717) is 6.07 Å². The van der Waals surface area contributed by atoms with Crippen LogP contribution in [0.25, 0.3) is 0 Å². The molecule has 0 unspecified atom stereocenters. The molecule has 0 amide bonds. The van der Waals surface area contributed by atoms with Crippen molar-refractivity contribution < 1.29 is 31.5 Å². The largest absolute Gasteiger partial charge is 0.454 e. The van der Waals surface area contributed by atoms with Gasteiger partial charge in [-0.3, -0.25) is 4.79 Å². The molecule has 0 heterocycles. The summed E-state index contributed by atoms with van der Waals surface area (Å²) >= 11 is 5.85. The fourth-order valence-corrected chi connectivity index (χ4v) is 2.89. The molecule has 2 aromatic rings. The lowest BCUT2D eigenvalue weighted by Crippen LogP contribution is -2.20. The first-order chi connectivity index (χ1) is 12.2. The van der Waals surface area contributed by atoms with Crippen LogP contribution >= 0.6 is 11.6 Å². The van der Waals surface area contributed by atoms with E-state index in [1.54, 1.807) is 0 Å². The third-order valence-electron chi connectivity index (χ3n) is 3.30. The van der Waals surface area contributed by atoms with Gasteiger partial charge in [0.15, 0.2) is 6.61 Å². The average molecular weight is 404 g/mol. The second-order valence-corrected chi connectivity index (χ2v) is 7.27. The highest BCUT2D eigenvalue weighted by atomic mass is 35.5. The first-order valence-corrected chi connectivity index (χ1v) is 8.90. The van der Waals surface area contributed by atoms with Crippen molar-refractivity contribution in [2.45, 2.75) is 4.90 Å². The highest BCUT2D eigenvalue weighted by molar-refractivity contribution is 7.89. The second kappa shape index (κ2) is 7.90. The molecule has 0 saturated carbocycles. The van der Waals surface area contributed by atoms with Crippen molar-refractivity contribution >= 4 is 33.4 Å². The molecule has 0 saturated heterocycles. The number of halogens is 3. The number of nitrogens with one attached hydrogen (secondary N) is 1. The highest BCUT2D eigenvalue weighted by Crippen LogP contribution is 2.21. The molecular weight excluding hydrogens is 392 g/mol. The van der Waals surface area contributed by atoms with Gasteiger partial charge in [0, 0.05) is 0 Å². The number of hydrogen-bond donors (Lipinski definition) is 1. The van der Waals surface area contributed by atoms with E-state index in [4.69, 9.17) is 16.3 Å². The third kappa shape index (κ3) is 4.43. The van der Waals surface area contributed by atoms with Crippen LogP contribution in [0, 0.1) is 11.6 Å². The van der Waals surface area contributed by atoms with Gasteiger partial charge in [-0.2, -0.15) is 0 Å². The van der Waals surface area contributed by atoms with Gasteiger partial charge in [0.2, 0.25) is 15.8 Å². The first-order valence-electron chi connectivity index (χ1n) is 7.04. The second-order valence-electron chi connectivity index (χ2n) is 4.97. The van der Waals surface area contributed by atoms with Crippen LogP contribution in [0.2, 0.25) is 5.02 Å². The molecular formula is C16H12ClF2NO5S. The summed E-state index contributed by atoms with van der Waals surface area (Å²) in [6.45, 7) is -0.876. The molecule has 26 heavy (non-hydrogen) atoms. The number of rotatable bonds is 6. The van der Waals surface area contributed by atoms with Gasteiger partial charge < -0.3 is 4.74 Å². The molecule has 0 spiro atoms. The molecule has 10 heteroatoms. The van der Waals surface area contributed by atoms with Crippen LogP contribution < -0.4 is 4.72 Å². The molecule has 0 atom stereocenters. The molecule has 2 rings (SSSR count). The van der Waals surface area contributed by atoms with Gasteiger partial charge >= 0.3 is 5.97 Å². The summed E-state index contributed by atoms with van der Waals surface area (Å²) in [6.07, 6.45) is 0. The SMILES string of the molecule is CNS(=O)(=O)c1ccc(Cl)c(C(=O)OCC(=O)c2cc(F)ccc2F)c1. The maximum atomic E-state index is 13.5. The number of benzene rings is 2. The van der Waals surface area contributed by atoms with Crippen molar-refractivity contribution in [2.24, 2.45) is 0 Å². The van der Waals surface area contributed by atoms with Crippen molar-refractivity contribution in [3.8, 4) is 0 Å². The lowest BCUT2D eigenvalue weighted by Gasteiger charge is -2.09. The van der Waals surface area contributed by atoms with E-state index in [-0.39, 0.29) is 15.5 Å². The molecule has 138 valence electrons. The van der Waals surface area contributed by atoms with Gasteiger partial charge in [-0.1, -0.05) is 11.6 Å². The Kier molecular flexibility index (Phi) is 6.06. The lowest BCUT2D eigenvalue weighted by molar-refractivity contribution is 0.0473. The summed E-state index contributed by atoms with van der Waals surface area (Å²) in [4.78, 5) is 23.7. The summed E-state index contributed by atoms with van der Waals surface area (Å²) in [6, 6.07) is 5.62. The molecule has 0 aromatic heterocycles. The number of carbonyl (C=O) groups excluding carboxylic acids is 2. The maximum absolute atomic E-state index is 13.5. The van der Waals surface area contributed by atoms with Crippen LogP contribution in [0.1, 0.15) is 20.7 Å². The summed E-state index contributed by atoms with van der Waals surface area (Å²) in [5.41, 5.74) is -0.870. The molecule has 0 fully saturated rings. The van der Waals surface area contributed by atoms with Crippen molar-refractivity contribution in [2.75, 3.05) is 13.7 Å². The van der Waals surface area contributed by atoms with Gasteiger partial charge in [0.05, 0.1) is 21.0 Å². The Morgan fingerprint density at radius 3 is 2.46 bits per heavy atom. The van der Waals surface area contributed by atoms with Gasteiger partial charge in [0.1, 0.15) is 11.6 Å². The minimum absolute atomic E-state index is 0.102. The first kappa shape index (κ1) is 20.0. The van der Waals surface area contributed by atoms with E-state index >= 15 is 0 Å². The van der Waals surface area contributed by atoms with Crippen LogP contribution in [0.15, 0.2) is 41.3 Å². The molecule has 0 aliphatic heterocycles. The normalized spacial score (nSPS) is 11.2.